The molecule has 1 aliphatic rings. The Kier molecular flexibility index (Phi) is 6.20. The second-order valence-corrected chi connectivity index (χ2v) is 7.82. The average Bonchev–Trinajstić information content (AvgIpc) is 2.93. The standard InChI is InChI=1S/C22H27NO4S/c1-23(2)16-9-7-13-11-18(25-3)21(26-4)22(27-5)20(13)14-8-10-19(28-6)17(24)12-15(14)16/h8,10-12,16H,7,9H2,1-6H3/t16-/m0/s1. The fraction of sp³-hybridized carbons (Fsp3) is 0.409. The zero-order chi connectivity index (χ0) is 20.4. The smallest absolute Gasteiger partial charge is 0.203 e. The van der Waals surface area contributed by atoms with Crippen molar-refractivity contribution in [2.24, 2.45) is 0 Å². The summed E-state index contributed by atoms with van der Waals surface area (Å²) in [6.45, 7) is 0. The van der Waals surface area contributed by atoms with Crippen LogP contribution in [0.25, 0.3) is 11.1 Å². The third-order valence-electron chi connectivity index (χ3n) is 5.31. The quantitative estimate of drug-likeness (QED) is 0.706. The lowest BCUT2D eigenvalue weighted by atomic mass is 9.95. The number of hydrogen-bond donors (Lipinski definition) is 0. The third-order valence-corrected chi connectivity index (χ3v) is 6.09. The molecule has 0 fully saturated rings. The van der Waals surface area contributed by atoms with Gasteiger partial charge in [-0.2, -0.15) is 0 Å². The van der Waals surface area contributed by atoms with Crippen molar-refractivity contribution in [2.45, 2.75) is 23.8 Å². The maximum absolute atomic E-state index is 12.8. The molecule has 3 rings (SSSR count). The lowest BCUT2D eigenvalue weighted by molar-refractivity contribution is 0.286. The van der Waals surface area contributed by atoms with Crippen molar-refractivity contribution in [1.82, 2.24) is 4.90 Å². The number of thioether (sulfide) groups is 1. The molecule has 0 N–H and O–H groups in total. The van der Waals surface area contributed by atoms with Gasteiger partial charge in [-0.15, -0.1) is 11.8 Å². The Morgan fingerprint density at radius 1 is 1.04 bits per heavy atom. The predicted octanol–water partition coefficient (Wildman–Crippen LogP) is 4.01. The summed E-state index contributed by atoms with van der Waals surface area (Å²) in [5.74, 6) is 1.86. The summed E-state index contributed by atoms with van der Waals surface area (Å²) < 4.78 is 17.0. The van der Waals surface area contributed by atoms with Crippen LogP contribution in [0.15, 0.2) is 34.0 Å². The Balaban J connectivity index is 2.45. The molecule has 0 radical (unpaired) electrons. The van der Waals surface area contributed by atoms with Gasteiger partial charge in [0.2, 0.25) is 5.75 Å². The molecule has 0 spiro atoms. The van der Waals surface area contributed by atoms with E-state index >= 15 is 0 Å². The van der Waals surface area contributed by atoms with Crippen LogP contribution in [-0.2, 0) is 6.42 Å². The van der Waals surface area contributed by atoms with Gasteiger partial charge in [0.25, 0.3) is 0 Å². The van der Waals surface area contributed by atoms with Crippen molar-refractivity contribution in [3.8, 4) is 28.4 Å². The molecule has 0 heterocycles. The van der Waals surface area contributed by atoms with E-state index in [0.717, 1.165) is 40.0 Å². The topological polar surface area (TPSA) is 48.0 Å². The van der Waals surface area contributed by atoms with Crippen molar-refractivity contribution in [3.63, 3.8) is 0 Å². The van der Waals surface area contributed by atoms with Crippen LogP contribution in [0, 0.1) is 0 Å². The highest BCUT2D eigenvalue weighted by molar-refractivity contribution is 7.98. The van der Waals surface area contributed by atoms with Gasteiger partial charge < -0.3 is 19.1 Å². The summed E-state index contributed by atoms with van der Waals surface area (Å²) in [6, 6.07) is 7.89. The van der Waals surface area contributed by atoms with Crippen molar-refractivity contribution >= 4 is 11.8 Å². The molecule has 1 aliphatic carbocycles. The molecule has 2 aromatic rings. The van der Waals surface area contributed by atoms with Crippen LogP contribution in [0.5, 0.6) is 17.2 Å². The van der Waals surface area contributed by atoms with Gasteiger partial charge in [-0.3, -0.25) is 4.79 Å². The minimum Gasteiger partial charge on any atom is -0.493 e. The van der Waals surface area contributed by atoms with Crippen molar-refractivity contribution in [3.05, 3.63) is 45.6 Å². The molecular formula is C22H27NO4S. The molecule has 0 amide bonds. The molecule has 0 aromatic heterocycles. The van der Waals surface area contributed by atoms with Gasteiger partial charge >= 0.3 is 0 Å². The van der Waals surface area contributed by atoms with Crippen LogP contribution in [0.4, 0.5) is 0 Å². The molecule has 0 saturated heterocycles. The second-order valence-electron chi connectivity index (χ2n) is 6.98. The molecule has 2 aromatic carbocycles. The van der Waals surface area contributed by atoms with Gasteiger partial charge in [0.05, 0.1) is 26.2 Å². The van der Waals surface area contributed by atoms with Crippen LogP contribution in [0.2, 0.25) is 0 Å². The zero-order valence-electron chi connectivity index (χ0n) is 17.3. The Morgan fingerprint density at radius 3 is 2.32 bits per heavy atom. The molecular weight excluding hydrogens is 374 g/mol. The second kappa shape index (κ2) is 8.45. The summed E-state index contributed by atoms with van der Waals surface area (Å²) in [5, 5.41) is 0. The Bertz CT molecular complexity index is 943. The molecule has 5 nitrogen and oxygen atoms in total. The van der Waals surface area contributed by atoms with Gasteiger partial charge in [-0.1, -0.05) is 6.07 Å². The monoisotopic (exact) mass is 401 g/mol. The lowest BCUT2D eigenvalue weighted by Gasteiger charge is -2.24. The van der Waals surface area contributed by atoms with E-state index in [9.17, 15) is 4.79 Å². The van der Waals surface area contributed by atoms with Gasteiger partial charge in [-0.25, -0.2) is 0 Å². The van der Waals surface area contributed by atoms with Gasteiger partial charge in [0.15, 0.2) is 16.9 Å². The highest BCUT2D eigenvalue weighted by Gasteiger charge is 2.29. The lowest BCUT2D eigenvalue weighted by Crippen LogP contribution is -2.20. The number of nitrogens with zero attached hydrogens (tertiary/aromatic N) is 1. The van der Waals surface area contributed by atoms with Crippen molar-refractivity contribution in [2.75, 3.05) is 41.7 Å². The number of fused-ring (bicyclic) bond motifs is 3. The van der Waals surface area contributed by atoms with E-state index in [-0.39, 0.29) is 11.5 Å². The first-order valence-electron chi connectivity index (χ1n) is 9.17. The average molecular weight is 402 g/mol. The summed E-state index contributed by atoms with van der Waals surface area (Å²) in [7, 11) is 8.98. The molecule has 1 atom stereocenters. The fourth-order valence-electron chi connectivity index (χ4n) is 3.98. The predicted molar refractivity (Wildman–Crippen MR) is 114 cm³/mol. The molecule has 0 saturated carbocycles. The Hall–Kier alpha value is -2.18. The van der Waals surface area contributed by atoms with Crippen LogP contribution >= 0.6 is 11.8 Å². The highest BCUT2D eigenvalue weighted by atomic mass is 32.2. The van der Waals surface area contributed by atoms with Gasteiger partial charge in [-0.05, 0) is 68.1 Å². The summed E-state index contributed by atoms with van der Waals surface area (Å²) >= 11 is 1.47. The first-order valence-corrected chi connectivity index (χ1v) is 10.4. The van der Waals surface area contributed by atoms with Gasteiger partial charge in [0.1, 0.15) is 0 Å². The number of hydrogen-bond acceptors (Lipinski definition) is 6. The number of benzene rings is 1. The minimum absolute atomic E-state index is 0.0449. The molecule has 0 unspecified atom stereocenters. The first kappa shape index (κ1) is 20.6. The zero-order valence-corrected chi connectivity index (χ0v) is 18.1. The minimum atomic E-state index is 0.0449. The van der Waals surface area contributed by atoms with Crippen LogP contribution in [0.1, 0.15) is 23.6 Å². The van der Waals surface area contributed by atoms with E-state index in [4.69, 9.17) is 14.2 Å². The van der Waals surface area contributed by atoms with Gasteiger partial charge in [0, 0.05) is 11.6 Å². The fourth-order valence-corrected chi connectivity index (χ4v) is 4.45. The van der Waals surface area contributed by atoms with E-state index in [1.807, 2.05) is 24.5 Å². The normalized spacial score (nSPS) is 15.5. The molecule has 6 heteroatoms. The van der Waals surface area contributed by atoms with Crippen LogP contribution in [-0.4, -0.2) is 46.6 Å². The molecule has 28 heavy (non-hydrogen) atoms. The number of rotatable bonds is 5. The molecule has 0 bridgehead atoms. The van der Waals surface area contributed by atoms with E-state index in [1.165, 1.54) is 11.8 Å². The summed E-state index contributed by atoms with van der Waals surface area (Å²) in [4.78, 5) is 15.7. The summed E-state index contributed by atoms with van der Waals surface area (Å²) in [5.41, 5.74) is 4.16. The largest absolute Gasteiger partial charge is 0.493 e. The Labute approximate surface area is 170 Å². The van der Waals surface area contributed by atoms with Crippen molar-refractivity contribution in [1.29, 1.82) is 0 Å². The molecule has 0 aliphatic heterocycles. The number of methoxy groups -OCH3 is 3. The molecule has 150 valence electrons. The van der Waals surface area contributed by atoms with Crippen LogP contribution in [0.3, 0.4) is 0 Å². The summed E-state index contributed by atoms with van der Waals surface area (Å²) in [6.07, 6.45) is 3.66. The van der Waals surface area contributed by atoms with E-state index < -0.39 is 0 Å². The van der Waals surface area contributed by atoms with E-state index in [2.05, 4.69) is 19.0 Å². The van der Waals surface area contributed by atoms with Crippen LogP contribution < -0.4 is 19.6 Å². The SMILES string of the molecule is COc1cc2c(c(OC)c1OC)-c1ccc(SC)c(=O)cc1[C@@H](N(C)C)CC2. The number of ether oxygens (including phenoxy) is 3. The first-order chi connectivity index (χ1) is 13.5. The van der Waals surface area contributed by atoms with E-state index in [1.54, 1.807) is 27.4 Å². The highest BCUT2D eigenvalue weighted by Crippen LogP contribution is 2.50. The number of aryl methyl sites for hydroxylation is 1. The third kappa shape index (κ3) is 3.47. The maximum atomic E-state index is 12.8. The van der Waals surface area contributed by atoms with E-state index in [0.29, 0.717) is 17.2 Å². The Morgan fingerprint density at radius 2 is 1.75 bits per heavy atom. The maximum Gasteiger partial charge on any atom is 0.203 e. The van der Waals surface area contributed by atoms with Crippen molar-refractivity contribution < 1.29 is 14.2 Å².